The van der Waals surface area contributed by atoms with Crippen LogP contribution in [0.4, 0.5) is 5.69 Å². The Labute approximate surface area is 127 Å². The number of hydrogen-bond donors (Lipinski definition) is 2. The van der Waals surface area contributed by atoms with E-state index in [2.05, 4.69) is 5.32 Å². The fourth-order valence-electron chi connectivity index (χ4n) is 2.77. The van der Waals surface area contributed by atoms with Crippen LogP contribution in [-0.2, 0) is 27.2 Å². The Kier molecular flexibility index (Phi) is 4.11. The number of benzene rings is 1. The monoisotopic (exact) mass is 303 g/mol. The lowest BCUT2D eigenvalue weighted by atomic mass is 9.96. The molecule has 6 nitrogen and oxygen atoms in total. The summed E-state index contributed by atoms with van der Waals surface area (Å²) in [6.07, 6.45) is 4.27. The number of nitrogens with one attached hydrogen (secondary N) is 1. The molecule has 1 aliphatic rings. The molecule has 3 rings (SSSR count). The van der Waals surface area contributed by atoms with Crippen LogP contribution in [0.2, 0.25) is 0 Å². The van der Waals surface area contributed by atoms with Crippen LogP contribution in [0.1, 0.15) is 24.2 Å². The average molecular weight is 303 g/mol. The van der Waals surface area contributed by atoms with Gasteiger partial charge in [0.05, 0.1) is 0 Å². The van der Waals surface area contributed by atoms with E-state index in [1.165, 1.54) is 5.56 Å². The Bertz CT molecular complexity index is 719. The maximum Gasteiger partial charge on any atom is 0.329 e. The third kappa shape index (κ3) is 3.12. The number of aryl methyl sites for hydroxylation is 2. The van der Waals surface area contributed by atoms with Gasteiger partial charge in [0.15, 0.2) is 0 Å². The normalized spacial score (nSPS) is 13.8. The van der Waals surface area contributed by atoms with E-state index in [1.54, 1.807) is 6.07 Å². The highest BCUT2D eigenvalue weighted by atomic mass is 16.5. The zero-order valence-electron chi connectivity index (χ0n) is 12.1. The SMILES string of the molecule is O=C(O)COCC(=O)Nc1ccc2oc3c(c2c1)CCCC3. The Morgan fingerprint density at radius 3 is 2.86 bits per heavy atom. The first-order valence-electron chi connectivity index (χ1n) is 7.27. The summed E-state index contributed by atoms with van der Waals surface area (Å²) in [5.74, 6) is -0.424. The van der Waals surface area contributed by atoms with E-state index in [0.29, 0.717) is 5.69 Å². The summed E-state index contributed by atoms with van der Waals surface area (Å²) in [6, 6.07) is 5.52. The van der Waals surface area contributed by atoms with Crippen LogP contribution in [0.3, 0.4) is 0 Å². The molecule has 6 heteroatoms. The molecule has 2 N–H and O–H groups in total. The number of rotatable bonds is 5. The summed E-state index contributed by atoms with van der Waals surface area (Å²) in [5.41, 5.74) is 2.73. The van der Waals surface area contributed by atoms with Gasteiger partial charge in [-0.1, -0.05) is 0 Å². The maximum atomic E-state index is 11.7. The van der Waals surface area contributed by atoms with Crippen LogP contribution in [0.5, 0.6) is 0 Å². The number of carbonyl (C=O) groups is 2. The van der Waals surface area contributed by atoms with Crippen molar-refractivity contribution in [2.24, 2.45) is 0 Å². The van der Waals surface area contributed by atoms with Crippen molar-refractivity contribution in [1.29, 1.82) is 0 Å². The number of hydrogen-bond acceptors (Lipinski definition) is 4. The van der Waals surface area contributed by atoms with Gasteiger partial charge in [0.25, 0.3) is 0 Å². The number of carboxylic acids is 1. The number of ether oxygens (including phenoxy) is 1. The molecule has 0 bridgehead atoms. The van der Waals surface area contributed by atoms with Crippen molar-refractivity contribution in [1.82, 2.24) is 0 Å². The lowest BCUT2D eigenvalue weighted by Gasteiger charge is -2.09. The molecule has 0 fully saturated rings. The van der Waals surface area contributed by atoms with Crippen LogP contribution >= 0.6 is 0 Å². The molecule has 0 radical (unpaired) electrons. The number of aliphatic carboxylic acids is 1. The van der Waals surface area contributed by atoms with Crippen LogP contribution in [0.15, 0.2) is 22.6 Å². The van der Waals surface area contributed by atoms with E-state index in [-0.39, 0.29) is 12.5 Å². The summed E-state index contributed by atoms with van der Waals surface area (Å²) in [7, 11) is 0. The molecule has 1 heterocycles. The highest BCUT2D eigenvalue weighted by Crippen LogP contribution is 2.33. The number of fused-ring (bicyclic) bond motifs is 3. The van der Waals surface area contributed by atoms with Crippen LogP contribution in [0.25, 0.3) is 11.0 Å². The van der Waals surface area contributed by atoms with Gasteiger partial charge < -0.3 is 19.6 Å². The fourth-order valence-corrected chi connectivity index (χ4v) is 2.77. The molecule has 1 aromatic carbocycles. The highest BCUT2D eigenvalue weighted by molar-refractivity contribution is 5.95. The molecular formula is C16H17NO5. The minimum Gasteiger partial charge on any atom is -0.480 e. The van der Waals surface area contributed by atoms with Gasteiger partial charge in [0.2, 0.25) is 5.91 Å². The second-order valence-electron chi connectivity index (χ2n) is 5.36. The van der Waals surface area contributed by atoms with Gasteiger partial charge in [-0.25, -0.2) is 4.79 Å². The Morgan fingerprint density at radius 1 is 1.23 bits per heavy atom. The zero-order valence-corrected chi connectivity index (χ0v) is 12.1. The van der Waals surface area contributed by atoms with E-state index >= 15 is 0 Å². The molecule has 0 atom stereocenters. The Hall–Kier alpha value is -2.34. The van der Waals surface area contributed by atoms with Gasteiger partial charge in [0.1, 0.15) is 24.6 Å². The Morgan fingerprint density at radius 2 is 2.05 bits per heavy atom. The summed E-state index contributed by atoms with van der Waals surface area (Å²) in [6.45, 7) is -0.768. The smallest absolute Gasteiger partial charge is 0.329 e. The first-order chi connectivity index (χ1) is 10.6. The Balaban J connectivity index is 1.72. The first-order valence-corrected chi connectivity index (χ1v) is 7.27. The number of carboxylic acid groups (broad SMARTS) is 1. The predicted molar refractivity (Wildman–Crippen MR) is 79.9 cm³/mol. The van der Waals surface area contributed by atoms with Gasteiger partial charge >= 0.3 is 5.97 Å². The molecule has 1 amide bonds. The molecule has 0 saturated heterocycles. The second-order valence-corrected chi connectivity index (χ2v) is 5.36. The van der Waals surface area contributed by atoms with E-state index in [0.717, 1.165) is 42.4 Å². The molecule has 2 aromatic rings. The summed E-state index contributed by atoms with van der Waals surface area (Å²) < 4.78 is 10.6. The number of furan rings is 1. The molecule has 22 heavy (non-hydrogen) atoms. The quantitative estimate of drug-likeness (QED) is 0.885. The third-order valence-electron chi connectivity index (χ3n) is 3.70. The number of amides is 1. The topological polar surface area (TPSA) is 88.8 Å². The van der Waals surface area contributed by atoms with Gasteiger partial charge in [0, 0.05) is 23.1 Å². The van der Waals surface area contributed by atoms with Crippen LogP contribution < -0.4 is 5.32 Å². The molecule has 116 valence electrons. The number of carbonyl (C=O) groups excluding carboxylic acids is 1. The van der Waals surface area contributed by atoms with Gasteiger partial charge in [-0.3, -0.25) is 4.79 Å². The van der Waals surface area contributed by atoms with E-state index in [4.69, 9.17) is 14.3 Å². The van der Waals surface area contributed by atoms with Crippen LogP contribution in [0, 0.1) is 0 Å². The van der Waals surface area contributed by atoms with Crippen LogP contribution in [-0.4, -0.2) is 30.2 Å². The largest absolute Gasteiger partial charge is 0.480 e. The average Bonchev–Trinajstić information content (AvgIpc) is 2.85. The van der Waals surface area contributed by atoms with Crippen molar-refractivity contribution in [2.45, 2.75) is 25.7 Å². The lowest BCUT2D eigenvalue weighted by Crippen LogP contribution is -2.20. The first kappa shape index (κ1) is 14.6. The molecule has 0 unspecified atom stereocenters. The maximum absolute atomic E-state index is 11.7. The molecule has 0 spiro atoms. The summed E-state index contributed by atoms with van der Waals surface area (Å²) >= 11 is 0. The van der Waals surface area contributed by atoms with Crippen molar-refractivity contribution in [3.63, 3.8) is 0 Å². The summed E-state index contributed by atoms with van der Waals surface area (Å²) in [4.78, 5) is 22.0. The van der Waals surface area contributed by atoms with Crippen molar-refractivity contribution in [2.75, 3.05) is 18.5 Å². The second kappa shape index (κ2) is 6.19. The molecular weight excluding hydrogens is 286 g/mol. The van der Waals surface area contributed by atoms with Gasteiger partial charge in [-0.05, 0) is 37.5 Å². The third-order valence-corrected chi connectivity index (χ3v) is 3.70. The van der Waals surface area contributed by atoms with Gasteiger partial charge in [-0.15, -0.1) is 0 Å². The van der Waals surface area contributed by atoms with Crippen molar-refractivity contribution in [3.8, 4) is 0 Å². The van der Waals surface area contributed by atoms with Gasteiger partial charge in [-0.2, -0.15) is 0 Å². The van der Waals surface area contributed by atoms with E-state index < -0.39 is 12.6 Å². The minimum atomic E-state index is -1.10. The van der Waals surface area contributed by atoms with Crippen molar-refractivity contribution < 1.29 is 23.8 Å². The van der Waals surface area contributed by atoms with E-state index in [9.17, 15) is 9.59 Å². The predicted octanol–water partition coefficient (Wildman–Crippen LogP) is 2.35. The molecule has 1 aromatic heterocycles. The minimum absolute atomic E-state index is 0.284. The summed E-state index contributed by atoms with van der Waals surface area (Å²) in [5, 5.41) is 12.2. The fraction of sp³-hybridized carbons (Fsp3) is 0.375. The molecule has 1 aliphatic carbocycles. The van der Waals surface area contributed by atoms with E-state index in [1.807, 2.05) is 12.1 Å². The highest BCUT2D eigenvalue weighted by Gasteiger charge is 2.18. The molecule has 0 saturated carbocycles. The molecule has 0 aliphatic heterocycles. The lowest BCUT2D eigenvalue weighted by molar-refractivity contribution is -0.143. The number of anilines is 1. The zero-order chi connectivity index (χ0) is 15.5. The standard InChI is InChI=1S/C16H17NO5/c18-15(8-21-9-16(19)20)17-10-5-6-14-12(7-10)11-3-1-2-4-13(11)22-14/h5-7H,1-4,8-9H2,(H,17,18)(H,19,20). The van der Waals surface area contributed by atoms with Crippen molar-refractivity contribution >= 4 is 28.5 Å². The van der Waals surface area contributed by atoms with Crippen molar-refractivity contribution in [3.05, 3.63) is 29.5 Å².